The Balaban J connectivity index is 2.30. The number of carbonyl (C=O) groups is 2. The zero-order chi connectivity index (χ0) is 19.2. The van der Waals surface area contributed by atoms with Gasteiger partial charge in [0.05, 0.1) is 6.61 Å². The van der Waals surface area contributed by atoms with E-state index < -0.39 is 17.5 Å². The predicted octanol–water partition coefficient (Wildman–Crippen LogP) is 3.19. The zero-order valence-electron chi connectivity index (χ0n) is 15.3. The Morgan fingerprint density at radius 1 is 1.08 bits per heavy atom. The molecular weight excluding hydrogens is 336 g/mol. The summed E-state index contributed by atoms with van der Waals surface area (Å²) in [6.07, 6.45) is 1.22. The number of nitrogens with zero attached hydrogens (tertiary/aromatic N) is 2. The van der Waals surface area contributed by atoms with Crippen LogP contribution in [0.2, 0.25) is 0 Å². The maximum Gasteiger partial charge on any atom is 0.376 e. The Labute approximate surface area is 152 Å². The van der Waals surface area contributed by atoms with Crippen molar-refractivity contribution in [2.24, 2.45) is 0 Å². The Kier molecular flexibility index (Phi) is 6.27. The predicted molar refractivity (Wildman–Crippen MR) is 93.9 cm³/mol. The normalized spacial score (nSPS) is 10.9. The first-order chi connectivity index (χ1) is 12.3. The van der Waals surface area contributed by atoms with Gasteiger partial charge in [0, 0.05) is 6.20 Å². The van der Waals surface area contributed by atoms with Crippen LogP contribution in [0, 0.1) is 0 Å². The lowest BCUT2D eigenvalue weighted by Gasteiger charge is -2.20. The van der Waals surface area contributed by atoms with Crippen molar-refractivity contribution < 1.29 is 23.8 Å². The summed E-state index contributed by atoms with van der Waals surface area (Å²) in [7, 11) is 0. The number of rotatable bonds is 6. The second-order valence-electron chi connectivity index (χ2n) is 6.41. The van der Waals surface area contributed by atoms with Crippen LogP contribution < -0.4 is 4.74 Å². The Morgan fingerprint density at radius 3 is 2.38 bits per heavy atom. The SMILES string of the molecule is CCOC(=O)c1ncc(C(=O)OC(C)(C)C)c(OCc2ccccc2)n1. The molecule has 0 saturated carbocycles. The van der Waals surface area contributed by atoms with E-state index in [1.54, 1.807) is 27.7 Å². The van der Waals surface area contributed by atoms with E-state index in [2.05, 4.69) is 9.97 Å². The smallest absolute Gasteiger partial charge is 0.376 e. The topological polar surface area (TPSA) is 87.6 Å². The molecule has 0 radical (unpaired) electrons. The van der Waals surface area contributed by atoms with E-state index in [0.717, 1.165) is 5.56 Å². The average molecular weight is 358 g/mol. The van der Waals surface area contributed by atoms with Crippen molar-refractivity contribution in [3.63, 3.8) is 0 Å². The highest BCUT2D eigenvalue weighted by molar-refractivity contribution is 5.93. The number of aromatic nitrogens is 2. The average Bonchev–Trinajstić information content (AvgIpc) is 2.59. The van der Waals surface area contributed by atoms with Gasteiger partial charge in [0.15, 0.2) is 0 Å². The molecule has 138 valence electrons. The maximum atomic E-state index is 12.4. The van der Waals surface area contributed by atoms with Gasteiger partial charge in [0.1, 0.15) is 17.8 Å². The van der Waals surface area contributed by atoms with Crippen molar-refractivity contribution in [2.45, 2.75) is 39.9 Å². The van der Waals surface area contributed by atoms with Crippen molar-refractivity contribution in [3.8, 4) is 5.88 Å². The lowest BCUT2D eigenvalue weighted by molar-refractivity contribution is 0.00629. The molecule has 0 bridgehead atoms. The number of hydrogen-bond donors (Lipinski definition) is 0. The summed E-state index contributed by atoms with van der Waals surface area (Å²) in [5.74, 6) is -1.52. The second kappa shape index (κ2) is 8.42. The molecule has 0 amide bonds. The van der Waals surface area contributed by atoms with Gasteiger partial charge in [-0.1, -0.05) is 30.3 Å². The van der Waals surface area contributed by atoms with Crippen LogP contribution in [-0.4, -0.2) is 34.1 Å². The van der Waals surface area contributed by atoms with Crippen molar-refractivity contribution in [1.82, 2.24) is 9.97 Å². The minimum Gasteiger partial charge on any atom is -0.472 e. The molecule has 0 aliphatic heterocycles. The number of carbonyl (C=O) groups excluding carboxylic acids is 2. The Bertz CT molecular complexity index is 769. The molecule has 0 fully saturated rings. The molecule has 0 aliphatic rings. The second-order valence-corrected chi connectivity index (χ2v) is 6.41. The number of hydrogen-bond acceptors (Lipinski definition) is 7. The lowest BCUT2D eigenvalue weighted by atomic mass is 10.2. The zero-order valence-corrected chi connectivity index (χ0v) is 15.3. The van der Waals surface area contributed by atoms with Crippen LogP contribution in [0.4, 0.5) is 0 Å². The highest BCUT2D eigenvalue weighted by atomic mass is 16.6. The fourth-order valence-corrected chi connectivity index (χ4v) is 1.97. The monoisotopic (exact) mass is 358 g/mol. The molecule has 26 heavy (non-hydrogen) atoms. The van der Waals surface area contributed by atoms with Crippen LogP contribution in [0.5, 0.6) is 5.88 Å². The van der Waals surface area contributed by atoms with Crippen molar-refractivity contribution in [1.29, 1.82) is 0 Å². The molecule has 1 aromatic heterocycles. The summed E-state index contributed by atoms with van der Waals surface area (Å²) in [6, 6.07) is 9.38. The third kappa shape index (κ3) is 5.54. The summed E-state index contributed by atoms with van der Waals surface area (Å²) < 4.78 is 15.9. The molecule has 0 atom stereocenters. The first kappa shape index (κ1) is 19.4. The summed E-state index contributed by atoms with van der Waals surface area (Å²) in [4.78, 5) is 32.2. The van der Waals surface area contributed by atoms with Crippen LogP contribution in [0.25, 0.3) is 0 Å². The van der Waals surface area contributed by atoms with E-state index in [9.17, 15) is 9.59 Å². The molecule has 2 rings (SSSR count). The van der Waals surface area contributed by atoms with Gasteiger partial charge in [0.25, 0.3) is 0 Å². The largest absolute Gasteiger partial charge is 0.472 e. The first-order valence-electron chi connectivity index (χ1n) is 8.24. The summed E-state index contributed by atoms with van der Waals surface area (Å²) in [5, 5.41) is 0. The fourth-order valence-electron chi connectivity index (χ4n) is 1.97. The summed E-state index contributed by atoms with van der Waals surface area (Å²) in [5.41, 5.74) is 0.246. The van der Waals surface area contributed by atoms with Crippen molar-refractivity contribution in [3.05, 3.63) is 53.5 Å². The number of benzene rings is 1. The van der Waals surface area contributed by atoms with E-state index in [-0.39, 0.29) is 30.5 Å². The highest BCUT2D eigenvalue weighted by Crippen LogP contribution is 2.21. The van der Waals surface area contributed by atoms with Crippen LogP contribution >= 0.6 is 0 Å². The van der Waals surface area contributed by atoms with Gasteiger partial charge in [-0.3, -0.25) is 0 Å². The molecule has 1 heterocycles. The molecule has 0 unspecified atom stereocenters. The lowest BCUT2D eigenvalue weighted by Crippen LogP contribution is -2.25. The molecule has 0 N–H and O–H groups in total. The Morgan fingerprint density at radius 2 is 1.77 bits per heavy atom. The third-order valence-corrected chi connectivity index (χ3v) is 3.05. The molecule has 7 nitrogen and oxygen atoms in total. The Hall–Kier alpha value is -2.96. The first-order valence-corrected chi connectivity index (χ1v) is 8.24. The van der Waals surface area contributed by atoms with E-state index >= 15 is 0 Å². The van der Waals surface area contributed by atoms with Gasteiger partial charge in [0.2, 0.25) is 11.7 Å². The van der Waals surface area contributed by atoms with Crippen LogP contribution in [-0.2, 0) is 16.1 Å². The fraction of sp³-hybridized carbons (Fsp3) is 0.368. The minimum absolute atomic E-state index is 0.0267. The van der Waals surface area contributed by atoms with Gasteiger partial charge < -0.3 is 14.2 Å². The summed E-state index contributed by atoms with van der Waals surface area (Å²) >= 11 is 0. The quantitative estimate of drug-likeness (QED) is 0.733. The van der Waals surface area contributed by atoms with Crippen LogP contribution in [0.3, 0.4) is 0 Å². The van der Waals surface area contributed by atoms with Gasteiger partial charge >= 0.3 is 11.9 Å². The molecule has 1 aromatic carbocycles. The molecule has 2 aromatic rings. The highest BCUT2D eigenvalue weighted by Gasteiger charge is 2.24. The molecule has 0 aliphatic carbocycles. The van der Waals surface area contributed by atoms with Gasteiger partial charge in [-0.25, -0.2) is 14.6 Å². The standard InChI is InChI=1S/C19H22N2O5/c1-5-24-18(23)15-20-11-14(17(22)26-19(2,3)4)16(21-15)25-12-13-9-7-6-8-10-13/h6-11H,5,12H2,1-4H3. The molecule has 0 saturated heterocycles. The third-order valence-electron chi connectivity index (χ3n) is 3.05. The van der Waals surface area contributed by atoms with Crippen molar-refractivity contribution >= 4 is 11.9 Å². The van der Waals surface area contributed by atoms with Crippen molar-refractivity contribution in [2.75, 3.05) is 6.61 Å². The van der Waals surface area contributed by atoms with E-state index in [0.29, 0.717) is 0 Å². The summed E-state index contributed by atoms with van der Waals surface area (Å²) in [6.45, 7) is 7.31. The maximum absolute atomic E-state index is 12.4. The van der Waals surface area contributed by atoms with E-state index in [1.807, 2.05) is 30.3 Å². The number of ether oxygens (including phenoxy) is 3. The molecular formula is C19H22N2O5. The molecule has 0 spiro atoms. The van der Waals surface area contributed by atoms with Gasteiger partial charge in [-0.15, -0.1) is 0 Å². The van der Waals surface area contributed by atoms with Gasteiger partial charge in [-0.05, 0) is 33.3 Å². The van der Waals surface area contributed by atoms with E-state index in [4.69, 9.17) is 14.2 Å². The molecule has 7 heteroatoms. The van der Waals surface area contributed by atoms with Gasteiger partial charge in [-0.2, -0.15) is 4.98 Å². The van der Waals surface area contributed by atoms with Crippen LogP contribution in [0.15, 0.2) is 36.5 Å². The van der Waals surface area contributed by atoms with Crippen LogP contribution in [0.1, 0.15) is 54.2 Å². The minimum atomic E-state index is -0.687. The number of esters is 2. The van der Waals surface area contributed by atoms with E-state index in [1.165, 1.54) is 6.20 Å².